The van der Waals surface area contributed by atoms with E-state index in [0.29, 0.717) is 4.90 Å². The highest BCUT2D eigenvalue weighted by Crippen LogP contribution is 2.34. The van der Waals surface area contributed by atoms with Crippen LogP contribution in [0.1, 0.15) is 38.8 Å². The maximum Gasteiger partial charge on any atom is 0.416 e. The van der Waals surface area contributed by atoms with Crippen LogP contribution < -0.4 is 10.6 Å². The fourth-order valence-corrected chi connectivity index (χ4v) is 2.65. The molecule has 0 aliphatic carbocycles. The molecular formula is C18H22F3N3O3. The summed E-state index contributed by atoms with van der Waals surface area (Å²) in [5.74, 6) is -1.14. The summed E-state index contributed by atoms with van der Waals surface area (Å²) in [6, 6.07) is 3.22. The highest BCUT2D eigenvalue weighted by atomic mass is 19.4. The third kappa shape index (κ3) is 4.23. The normalized spacial score (nSPS) is 21.4. The molecule has 0 spiro atoms. The van der Waals surface area contributed by atoms with Gasteiger partial charge in [0.2, 0.25) is 5.91 Å². The Kier molecular flexibility index (Phi) is 5.53. The van der Waals surface area contributed by atoms with Gasteiger partial charge in [-0.3, -0.25) is 14.5 Å². The standard InChI is InChI=1S/C18H22F3N3O3/c1-10(2)11(3)22-14(25)9-24-15(26)17(4,23-16(24)27)12-6-5-7-13(8-12)18(19,20)21/h5-8,10-11H,9H2,1-4H3,(H,22,25)(H,23,27)/t11-,17-/m1/s1. The number of rotatable bonds is 5. The van der Waals surface area contributed by atoms with Crippen LogP contribution in [0.25, 0.3) is 0 Å². The third-order valence-electron chi connectivity index (χ3n) is 4.73. The summed E-state index contributed by atoms with van der Waals surface area (Å²) in [7, 11) is 0. The quantitative estimate of drug-likeness (QED) is 0.765. The number of amides is 4. The Balaban J connectivity index is 2.23. The molecule has 0 unspecified atom stereocenters. The largest absolute Gasteiger partial charge is 0.416 e. The molecule has 1 aromatic rings. The molecule has 0 saturated carbocycles. The monoisotopic (exact) mass is 385 g/mol. The smallest absolute Gasteiger partial charge is 0.352 e. The molecular weight excluding hydrogens is 363 g/mol. The van der Waals surface area contributed by atoms with E-state index in [4.69, 9.17) is 0 Å². The van der Waals surface area contributed by atoms with Gasteiger partial charge in [-0.15, -0.1) is 0 Å². The van der Waals surface area contributed by atoms with Gasteiger partial charge in [-0.25, -0.2) is 4.79 Å². The third-order valence-corrected chi connectivity index (χ3v) is 4.73. The molecule has 27 heavy (non-hydrogen) atoms. The number of imide groups is 1. The lowest BCUT2D eigenvalue weighted by Crippen LogP contribution is -2.46. The number of carbonyl (C=O) groups excluding carboxylic acids is 3. The predicted molar refractivity (Wildman–Crippen MR) is 91.5 cm³/mol. The second-order valence-corrected chi connectivity index (χ2v) is 7.13. The number of nitrogens with zero attached hydrogens (tertiary/aromatic N) is 1. The first-order chi connectivity index (χ1) is 12.4. The first-order valence-corrected chi connectivity index (χ1v) is 8.47. The molecule has 148 valence electrons. The van der Waals surface area contributed by atoms with Crippen molar-refractivity contribution in [3.63, 3.8) is 0 Å². The molecule has 1 aromatic carbocycles. The van der Waals surface area contributed by atoms with Crippen LogP contribution in [-0.2, 0) is 21.3 Å². The molecule has 0 radical (unpaired) electrons. The van der Waals surface area contributed by atoms with Crippen LogP contribution in [0.3, 0.4) is 0 Å². The van der Waals surface area contributed by atoms with E-state index in [1.165, 1.54) is 19.1 Å². The molecule has 0 bridgehead atoms. The van der Waals surface area contributed by atoms with Gasteiger partial charge < -0.3 is 10.6 Å². The Bertz CT molecular complexity index is 764. The molecule has 1 aliphatic heterocycles. The van der Waals surface area contributed by atoms with Crippen molar-refractivity contribution in [3.8, 4) is 0 Å². The Labute approximate surface area is 155 Å². The van der Waals surface area contributed by atoms with E-state index in [2.05, 4.69) is 10.6 Å². The van der Waals surface area contributed by atoms with Crippen LogP contribution in [-0.4, -0.2) is 35.3 Å². The minimum absolute atomic E-state index is 0.00543. The zero-order chi connectivity index (χ0) is 20.6. The van der Waals surface area contributed by atoms with Crippen molar-refractivity contribution < 1.29 is 27.6 Å². The Morgan fingerprint density at radius 3 is 2.44 bits per heavy atom. The zero-order valence-corrected chi connectivity index (χ0v) is 15.5. The van der Waals surface area contributed by atoms with Crippen LogP contribution in [0, 0.1) is 5.92 Å². The summed E-state index contributed by atoms with van der Waals surface area (Å²) in [6.45, 7) is 6.42. The van der Waals surface area contributed by atoms with Gasteiger partial charge in [0.15, 0.2) is 0 Å². The average molecular weight is 385 g/mol. The molecule has 9 heteroatoms. The number of nitrogens with one attached hydrogen (secondary N) is 2. The van der Waals surface area contributed by atoms with Crippen LogP contribution in [0.5, 0.6) is 0 Å². The molecule has 1 saturated heterocycles. The summed E-state index contributed by atoms with van der Waals surface area (Å²) in [5.41, 5.74) is -2.61. The number of carbonyl (C=O) groups is 3. The average Bonchev–Trinajstić information content (AvgIpc) is 2.78. The van der Waals surface area contributed by atoms with Crippen molar-refractivity contribution in [2.24, 2.45) is 5.92 Å². The SMILES string of the molecule is CC(C)[C@@H](C)NC(=O)CN1C(=O)N[C@](C)(c2cccc(C(F)(F)F)c2)C1=O. The molecule has 1 aliphatic rings. The van der Waals surface area contributed by atoms with Crippen LogP contribution >= 0.6 is 0 Å². The van der Waals surface area contributed by atoms with Crippen molar-refractivity contribution in [2.75, 3.05) is 6.54 Å². The van der Waals surface area contributed by atoms with Crippen molar-refractivity contribution >= 4 is 17.8 Å². The second-order valence-electron chi connectivity index (χ2n) is 7.13. The van der Waals surface area contributed by atoms with Gasteiger partial charge in [0, 0.05) is 6.04 Å². The Morgan fingerprint density at radius 2 is 1.89 bits per heavy atom. The van der Waals surface area contributed by atoms with Crippen molar-refractivity contribution in [1.82, 2.24) is 15.5 Å². The van der Waals surface area contributed by atoms with Gasteiger partial charge >= 0.3 is 12.2 Å². The first-order valence-electron chi connectivity index (χ1n) is 8.47. The van der Waals surface area contributed by atoms with Gasteiger partial charge in [0.1, 0.15) is 12.1 Å². The lowest BCUT2D eigenvalue weighted by atomic mass is 9.90. The number of hydrogen-bond acceptors (Lipinski definition) is 3. The Hall–Kier alpha value is -2.58. The van der Waals surface area contributed by atoms with Gasteiger partial charge in [-0.1, -0.05) is 26.0 Å². The van der Waals surface area contributed by atoms with Crippen molar-refractivity contribution in [3.05, 3.63) is 35.4 Å². The highest BCUT2D eigenvalue weighted by Gasteiger charge is 2.50. The van der Waals surface area contributed by atoms with E-state index in [-0.39, 0.29) is 17.5 Å². The number of hydrogen-bond donors (Lipinski definition) is 2. The van der Waals surface area contributed by atoms with Crippen LogP contribution in [0.2, 0.25) is 0 Å². The molecule has 0 aromatic heterocycles. The summed E-state index contributed by atoms with van der Waals surface area (Å²) in [6.07, 6.45) is -4.58. The topological polar surface area (TPSA) is 78.5 Å². The summed E-state index contributed by atoms with van der Waals surface area (Å²) in [5, 5.41) is 5.08. The zero-order valence-electron chi connectivity index (χ0n) is 15.5. The van der Waals surface area contributed by atoms with Gasteiger partial charge in [0.05, 0.1) is 5.56 Å². The maximum absolute atomic E-state index is 13.0. The van der Waals surface area contributed by atoms with Gasteiger partial charge in [-0.05, 0) is 37.5 Å². The summed E-state index contributed by atoms with van der Waals surface area (Å²) < 4.78 is 38.9. The van der Waals surface area contributed by atoms with Gasteiger partial charge in [0.25, 0.3) is 5.91 Å². The molecule has 4 amide bonds. The minimum Gasteiger partial charge on any atom is -0.352 e. The highest BCUT2D eigenvalue weighted by molar-refractivity contribution is 6.09. The summed E-state index contributed by atoms with van der Waals surface area (Å²) >= 11 is 0. The predicted octanol–water partition coefficient (Wildman–Crippen LogP) is 2.63. The first kappa shape index (κ1) is 20.7. The maximum atomic E-state index is 13.0. The van der Waals surface area contributed by atoms with E-state index in [9.17, 15) is 27.6 Å². The molecule has 2 N–H and O–H groups in total. The molecule has 1 fully saturated rings. The number of benzene rings is 1. The molecule has 2 atom stereocenters. The number of halogens is 3. The number of urea groups is 1. The number of alkyl halides is 3. The fraction of sp³-hybridized carbons (Fsp3) is 0.500. The minimum atomic E-state index is -4.58. The summed E-state index contributed by atoms with van der Waals surface area (Å²) in [4.78, 5) is 37.8. The second kappa shape index (κ2) is 7.21. The van der Waals surface area contributed by atoms with Crippen LogP contribution in [0.15, 0.2) is 24.3 Å². The van der Waals surface area contributed by atoms with Crippen molar-refractivity contribution in [1.29, 1.82) is 0 Å². The lowest BCUT2D eigenvalue weighted by molar-refractivity contribution is -0.138. The lowest BCUT2D eigenvalue weighted by Gasteiger charge is -2.23. The Morgan fingerprint density at radius 1 is 1.26 bits per heavy atom. The molecule has 6 nitrogen and oxygen atoms in total. The fourth-order valence-electron chi connectivity index (χ4n) is 2.65. The van der Waals surface area contributed by atoms with Gasteiger partial charge in [-0.2, -0.15) is 13.2 Å². The van der Waals surface area contributed by atoms with E-state index < -0.39 is 41.7 Å². The van der Waals surface area contributed by atoms with E-state index >= 15 is 0 Å². The van der Waals surface area contributed by atoms with E-state index in [1.54, 1.807) is 6.92 Å². The van der Waals surface area contributed by atoms with E-state index in [0.717, 1.165) is 12.1 Å². The van der Waals surface area contributed by atoms with Crippen LogP contribution in [0.4, 0.5) is 18.0 Å². The molecule has 2 rings (SSSR count). The van der Waals surface area contributed by atoms with Crippen molar-refractivity contribution in [2.45, 2.75) is 45.5 Å². The molecule has 1 heterocycles. The van der Waals surface area contributed by atoms with E-state index in [1.807, 2.05) is 13.8 Å².